The molecule has 1 aliphatic rings. The molecule has 2 N–H and O–H groups in total. The van der Waals surface area contributed by atoms with Crippen LogP contribution in [0, 0.1) is 5.92 Å². The molecule has 0 spiro atoms. The second kappa shape index (κ2) is 9.51. The van der Waals surface area contributed by atoms with Gasteiger partial charge in [0.05, 0.1) is 12.3 Å². The summed E-state index contributed by atoms with van der Waals surface area (Å²) >= 11 is 0. The van der Waals surface area contributed by atoms with Gasteiger partial charge in [0, 0.05) is 5.92 Å². The van der Waals surface area contributed by atoms with Gasteiger partial charge in [-0.05, 0) is 48.7 Å². The Hall–Kier alpha value is -2.66. The Morgan fingerprint density at radius 1 is 1.04 bits per heavy atom. The number of esters is 1. The number of hydrogen-bond donors (Lipinski definition) is 2. The second-order valence-corrected chi connectivity index (χ2v) is 7.25. The van der Waals surface area contributed by atoms with Gasteiger partial charge in [0.25, 0.3) is 0 Å². The zero-order valence-corrected chi connectivity index (χ0v) is 16.2. The lowest BCUT2D eigenvalue weighted by Gasteiger charge is -2.16. The molecule has 0 radical (unpaired) electrons. The van der Waals surface area contributed by atoms with Crippen LogP contribution in [0.2, 0.25) is 0 Å². The first-order valence-corrected chi connectivity index (χ1v) is 9.83. The minimum Gasteiger partial charge on any atom is -0.481 e. The van der Waals surface area contributed by atoms with Crippen molar-refractivity contribution >= 4 is 11.9 Å². The number of carbonyl (C=O) groups is 2. The van der Waals surface area contributed by atoms with Crippen molar-refractivity contribution in [2.24, 2.45) is 5.92 Å². The van der Waals surface area contributed by atoms with E-state index in [1.54, 1.807) is 0 Å². The molecule has 5 nitrogen and oxygen atoms in total. The number of nitrogens with one attached hydrogen (secondary N) is 1. The molecule has 0 saturated heterocycles. The number of fused-ring (bicyclic) bond motifs is 3. The van der Waals surface area contributed by atoms with E-state index in [9.17, 15) is 14.7 Å². The van der Waals surface area contributed by atoms with Crippen molar-refractivity contribution in [3.05, 3.63) is 59.7 Å². The van der Waals surface area contributed by atoms with Crippen LogP contribution in [0.4, 0.5) is 0 Å². The fourth-order valence-corrected chi connectivity index (χ4v) is 3.88. The predicted octanol–water partition coefficient (Wildman–Crippen LogP) is 3.82. The largest absolute Gasteiger partial charge is 0.481 e. The number of carbonyl (C=O) groups excluding carboxylic acids is 1. The molecule has 2 aromatic rings. The van der Waals surface area contributed by atoms with Crippen molar-refractivity contribution in [1.82, 2.24) is 5.32 Å². The SMILES string of the molecule is CNCCCC[C@H](CC(=O)OCC1c2ccccc2-c2ccccc21)C(=O)O. The molecule has 0 fully saturated rings. The van der Waals surface area contributed by atoms with Gasteiger partial charge in [0.1, 0.15) is 6.61 Å². The van der Waals surface area contributed by atoms with Gasteiger partial charge in [-0.2, -0.15) is 0 Å². The first-order valence-electron chi connectivity index (χ1n) is 9.83. The van der Waals surface area contributed by atoms with E-state index in [2.05, 4.69) is 29.6 Å². The van der Waals surface area contributed by atoms with Crippen LogP contribution < -0.4 is 5.32 Å². The Kier molecular flexibility index (Phi) is 6.82. The summed E-state index contributed by atoms with van der Waals surface area (Å²) in [6.45, 7) is 1.08. The highest BCUT2D eigenvalue weighted by Gasteiger charge is 2.29. The summed E-state index contributed by atoms with van der Waals surface area (Å²) in [5.41, 5.74) is 4.65. The van der Waals surface area contributed by atoms with Crippen LogP contribution in [0.5, 0.6) is 0 Å². The minimum absolute atomic E-state index is 0.00439. The summed E-state index contributed by atoms with van der Waals surface area (Å²) in [6.07, 6.45) is 2.07. The van der Waals surface area contributed by atoms with Gasteiger partial charge in [-0.1, -0.05) is 55.0 Å². The van der Waals surface area contributed by atoms with Crippen LogP contribution in [-0.2, 0) is 14.3 Å². The fraction of sp³-hybridized carbons (Fsp3) is 0.391. The molecule has 1 aliphatic carbocycles. The summed E-state index contributed by atoms with van der Waals surface area (Å²) in [5.74, 6) is -2.07. The number of carboxylic acids is 1. The monoisotopic (exact) mass is 381 g/mol. The topological polar surface area (TPSA) is 75.6 Å². The number of aliphatic carboxylic acids is 1. The maximum absolute atomic E-state index is 12.3. The summed E-state index contributed by atoms with van der Waals surface area (Å²) in [6, 6.07) is 16.3. The van der Waals surface area contributed by atoms with E-state index >= 15 is 0 Å². The van der Waals surface area contributed by atoms with Gasteiger partial charge in [0.2, 0.25) is 0 Å². The molecule has 1 atom stereocenters. The maximum Gasteiger partial charge on any atom is 0.307 e. The van der Waals surface area contributed by atoms with Crippen LogP contribution in [0.3, 0.4) is 0 Å². The third-order valence-corrected chi connectivity index (χ3v) is 5.37. The van der Waals surface area contributed by atoms with E-state index in [-0.39, 0.29) is 18.9 Å². The highest BCUT2D eigenvalue weighted by Crippen LogP contribution is 2.44. The van der Waals surface area contributed by atoms with Gasteiger partial charge in [-0.3, -0.25) is 9.59 Å². The highest BCUT2D eigenvalue weighted by molar-refractivity contribution is 5.80. The van der Waals surface area contributed by atoms with Crippen molar-refractivity contribution in [3.8, 4) is 11.1 Å². The summed E-state index contributed by atoms with van der Waals surface area (Å²) in [5, 5.41) is 12.4. The third kappa shape index (κ3) is 4.60. The van der Waals surface area contributed by atoms with Crippen molar-refractivity contribution < 1.29 is 19.4 Å². The molecule has 2 aromatic carbocycles. The zero-order chi connectivity index (χ0) is 19.9. The molecular formula is C23H27NO4. The van der Waals surface area contributed by atoms with Crippen molar-refractivity contribution in [2.75, 3.05) is 20.2 Å². The summed E-state index contributed by atoms with van der Waals surface area (Å²) in [7, 11) is 1.87. The van der Waals surface area contributed by atoms with E-state index < -0.39 is 17.9 Å². The Morgan fingerprint density at radius 2 is 1.64 bits per heavy atom. The molecule has 0 bridgehead atoms. The molecule has 0 aromatic heterocycles. The Bertz CT molecular complexity index is 787. The number of unbranched alkanes of at least 4 members (excludes halogenated alkanes) is 1. The zero-order valence-electron chi connectivity index (χ0n) is 16.2. The Morgan fingerprint density at radius 3 is 2.21 bits per heavy atom. The number of hydrogen-bond acceptors (Lipinski definition) is 4. The molecule has 0 heterocycles. The predicted molar refractivity (Wildman–Crippen MR) is 108 cm³/mol. The van der Waals surface area contributed by atoms with Crippen molar-refractivity contribution in [2.45, 2.75) is 31.6 Å². The normalized spacial score (nSPS) is 13.6. The lowest BCUT2D eigenvalue weighted by atomic mass is 9.97. The van der Waals surface area contributed by atoms with E-state index in [0.717, 1.165) is 30.5 Å². The lowest BCUT2D eigenvalue weighted by Crippen LogP contribution is -2.21. The molecule has 3 rings (SSSR count). The lowest BCUT2D eigenvalue weighted by molar-refractivity contribution is -0.152. The Balaban J connectivity index is 1.60. The maximum atomic E-state index is 12.3. The van der Waals surface area contributed by atoms with E-state index in [1.165, 1.54) is 11.1 Å². The van der Waals surface area contributed by atoms with Gasteiger partial charge < -0.3 is 15.2 Å². The minimum atomic E-state index is -0.932. The standard InChI is InChI=1S/C23H27NO4/c1-24-13-7-6-8-16(23(26)27)14-22(25)28-15-21-19-11-4-2-9-17(19)18-10-3-5-12-20(18)21/h2-5,9-12,16,21,24H,6-8,13-15H2,1H3,(H,26,27)/t16-/m1/s1. The third-order valence-electron chi connectivity index (χ3n) is 5.37. The quantitative estimate of drug-likeness (QED) is 0.483. The number of benzene rings is 2. The smallest absolute Gasteiger partial charge is 0.307 e. The molecule has 5 heteroatoms. The van der Waals surface area contributed by atoms with Crippen molar-refractivity contribution in [1.29, 1.82) is 0 Å². The first-order chi connectivity index (χ1) is 13.6. The molecule has 0 saturated carbocycles. The van der Waals surface area contributed by atoms with Gasteiger partial charge in [-0.25, -0.2) is 0 Å². The molecule has 28 heavy (non-hydrogen) atoms. The number of rotatable bonds is 10. The van der Waals surface area contributed by atoms with Crippen molar-refractivity contribution in [3.63, 3.8) is 0 Å². The summed E-state index contributed by atoms with van der Waals surface area (Å²) in [4.78, 5) is 23.8. The molecule has 148 valence electrons. The molecule has 0 amide bonds. The average molecular weight is 381 g/mol. The van der Waals surface area contributed by atoms with E-state index in [0.29, 0.717) is 6.42 Å². The molecular weight excluding hydrogens is 354 g/mol. The first kappa shape index (κ1) is 20.1. The molecule has 0 aliphatic heterocycles. The second-order valence-electron chi connectivity index (χ2n) is 7.25. The van der Waals surface area contributed by atoms with E-state index in [4.69, 9.17) is 4.74 Å². The average Bonchev–Trinajstić information content (AvgIpc) is 3.02. The van der Waals surface area contributed by atoms with Gasteiger partial charge in [-0.15, -0.1) is 0 Å². The number of ether oxygens (including phenoxy) is 1. The highest BCUT2D eigenvalue weighted by atomic mass is 16.5. The molecule has 0 unspecified atom stereocenters. The van der Waals surface area contributed by atoms with Crippen LogP contribution in [0.15, 0.2) is 48.5 Å². The number of carboxylic acid groups (broad SMARTS) is 1. The van der Waals surface area contributed by atoms with Crippen LogP contribution in [0.25, 0.3) is 11.1 Å². The fourth-order valence-electron chi connectivity index (χ4n) is 3.88. The Labute approximate surface area is 165 Å². The van der Waals surface area contributed by atoms with Crippen LogP contribution >= 0.6 is 0 Å². The van der Waals surface area contributed by atoms with Crippen LogP contribution in [-0.4, -0.2) is 37.2 Å². The van der Waals surface area contributed by atoms with Crippen LogP contribution in [0.1, 0.15) is 42.7 Å². The summed E-state index contributed by atoms with van der Waals surface area (Å²) < 4.78 is 5.53. The van der Waals surface area contributed by atoms with Gasteiger partial charge in [0.15, 0.2) is 0 Å². The van der Waals surface area contributed by atoms with E-state index in [1.807, 2.05) is 31.3 Å². The van der Waals surface area contributed by atoms with Gasteiger partial charge >= 0.3 is 11.9 Å².